The van der Waals surface area contributed by atoms with Gasteiger partial charge in [-0.15, -0.1) is 0 Å². The molecule has 1 aliphatic carbocycles. The maximum absolute atomic E-state index is 12.0. The van der Waals surface area contributed by atoms with E-state index in [1.54, 1.807) is 20.8 Å². The maximum atomic E-state index is 12.0. The van der Waals surface area contributed by atoms with E-state index in [4.69, 9.17) is 9.84 Å². The van der Waals surface area contributed by atoms with Gasteiger partial charge in [0.15, 0.2) is 0 Å². The van der Waals surface area contributed by atoms with Gasteiger partial charge in [-0.3, -0.25) is 9.59 Å². The van der Waals surface area contributed by atoms with Crippen LogP contribution in [0.25, 0.3) is 0 Å². The molecule has 6 nitrogen and oxygen atoms in total. The Labute approximate surface area is 111 Å². The second-order valence-electron chi connectivity index (χ2n) is 6.33. The Morgan fingerprint density at radius 1 is 1.42 bits per heavy atom. The van der Waals surface area contributed by atoms with E-state index >= 15 is 0 Å². The van der Waals surface area contributed by atoms with E-state index in [0.717, 1.165) is 0 Å². The average molecular weight is 269 g/mol. The summed E-state index contributed by atoms with van der Waals surface area (Å²) in [5, 5.41) is 9.01. The Morgan fingerprint density at radius 2 is 2.05 bits per heavy atom. The minimum Gasteiger partial charge on any atom is -0.481 e. The van der Waals surface area contributed by atoms with Gasteiger partial charge in [-0.05, 0) is 27.2 Å². The SMILES string of the molecule is CC(C)(C)OC(=O)N1CCC(=O)C2(CC2C(=O)O)C1. The van der Waals surface area contributed by atoms with E-state index in [1.165, 1.54) is 4.90 Å². The van der Waals surface area contributed by atoms with E-state index < -0.39 is 29.0 Å². The summed E-state index contributed by atoms with van der Waals surface area (Å²) in [5.41, 5.74) is -1.46. The highest BCUT2D eigenvalue weighted by molar-refractivity contribution is 5.96. The average Bonchev–Trinajstić information content (AvgIpc) is 2.96. The van der Waals surface area contributed by atoms with Gasteiger partial charge < -0.3 is 14.7 Å². The molecule has 1 heterocycles. The van der Waals surface area contributed by atoms with Crippen molar-refractivity contribution in [2.45, 2.75) is 39.2 Å². The topological polar surface area (TPSA) is 83.9 Å². The van der Waals surface area contributed by atoms with Gasteiger partial charge in [0.2, 0.25) is 0 Å². The number of carbonyl (C=O) groups excluding carboxylic acids is 2. The largest absolute Gasteiger partial charge is 0.481 e. The molecule has 0 aromatic carbocycles. The number of hydrogen-bond acceptors (Lipinski definition) is 4. The third-order valence-electron chi connectivity index (χ3n) is 3.66. The standard InChI is InChI=1S/C13H19NO5/c1-12(2,3)19-11(18)14-5-4-9(15)13(7-14)6-8(13)10(16)17/h8H,4-7H2,1-3H3,(H,16,17). The number of piperidine rings is 1. The molecule has 0 aromatic heterocycles. The van der Waals surface area contributed by atoms with Gasteiger partial charge in [0.1, 0.15) is 11.4 Å². The Bertz CT molecular complexity index is 439. The minimum atomic E-state index is -0.959. The van der Waals surface area contributed by atoms with Crippen molar-refractivity contribution in [2.24, 2.45) is 11.3 Å². The van der Waals surface area contributed by atoms with Crippen LogP contribution in [-0.2, 0) is 14.3 Å². The van der Waals surface area contributed by atoms with E-state index in [9.17, 15) is 14.4 Å². The number of ether oxygens (including phenoxy) is 1. The van der Waals surface area contributed by atoms with Crippen LogP contribution in [0.2, 0.25) is 0 Å². The highest BCUT2D eigenvalue weighted by Gasteiger charge is 2.65. The monoisotopic (exact) mass is 269 g/mol. The summed E-state index contributed by atoms with van der Waals surface area (Å²) in [5.74, 6) is -1.65. The molecular formula is C13H19NO5. The molecule has 1 amide bonds. The first-order chi connectivity index (χ1) is 8.66. The van der Waals surface area contributed by atoms with Gasteiger partial charge in [0.25, 0.3) is 0 Å². The molecular weight excluding hydrogens is 250 g/mol. The number of aliphatic carboxylic acids is 1. The van der Waals surface area contributed by atoms with Crippen LogP contribution in [0.15, 0.2) is 0 Å². The van der Waals surface area contributed by atoms with Crippen LogP contribution in [0.3, 0.4) is 0 Å². The lowest BCUT2D eigenvalue weighted by Crippen LogP contribution is -2.48. The number of likely N-dealkylation sites (tertiary alicyclic amines) is 1. The normalized spacial score (nSPS) is 30.4. The number of nitrogens with zero attached hydrogens (tertiary/aromatic N) is 1. The van der Waals surface area contributed by atoms with Gasteiger partial charge in [-0.1, -0.05) is 0 Å². The number of carboxylic acid groups (broad SMARTS) is 1. The molecule has 2 atom stereocenters. The smallest absolute Gasteiger partial charge is 0.410 e. The van der Waals surface area contributed by atoms with E-state index in [0.29, 0.717) is 13.0 Å². The summed E-state index contributed by atoms with van der Waals surface area (Å²) >= 11 is 0. The molecule has 1 spiro atoms. The third kappa shape index (κ3) is 2.57. The Morgan fingerprint density at radius 3 is 2.53 bits per heavy atom. The second kappa shape index (κ2) is 4.21. The van der Waals surface area contributed by atoms with Crippen LogP contribution in [0.4, 0.5) is 4.79 Å². The summed E-state index contributed by atoms with van der Waals surface area (Å²) in [6, 6.07) is 0. The fraction of sp³-hybridized carbons (Fsp3) is 0.769. The van der Waals surface area contributed by atoms with Crippen molar-refractivity contribution in [1.82, 2.24) is 4.90 Å². The number of rotatable bonds is 1. The molecule has 0 bridgehead atoms. The number of amides is 1. The van der Waals surface area contributed by atoms with Crippen LogP contribution in [0.1, 0.15) is 33.6 Å². The number of carboxylic acids is 1. The van der Waals surface area contributed by atoms with Crippen molar-refractivity contribution in [1.29, 1.82) is 0 Å². The molecule has 6 heteroatoms. The van der Waals surface area contributed by atoms with Crippen LogP contribution in [0.5, 0.6) is 0 Å². The summed E-state index contributed by atoms with van der Waals surface area (Å²) in [7, 11) is 0. The lowest BCUT2D eigenvalue weighted by Gasteiger charge is -2.33. The minimum absolute atomic E-state index is 0.0419. The van der Waals surface area contributed by atoms with Gasteiger partial charge in [-0.25, -0.2) is 4.79 Å². The van der Waals surface area contributed by atoms with Gasteiger partial charge >= 0.3 is 12.1 Å². The van der Waals surface area contributed by atoms with Crippen LogP contribution >= 0.6 is 0 Å². The highest BCUT2D eigenvalue weighted by atomic mass is 16.6. The predicted octanol–water partition coefficient (Wildman–Crippen LogP) is 1.29. The summed E-state index contributed by atoms with van der Waals surface area (Å²) in [6.07, 6.45) is 0.0687. The molecule has 2 aliphatic rings. The van der Waals surface area contributed by atoms with Crippen LogP contribution in [-0.4, -0.2) is 46.5 Å². The zero-order valence-corrected chi connectivity index (χ0v) is 11.4. The predicted molar refractivity (Wildman–Crippen MR) is 65.6 cm³/mol. The molecule has 0 aromatic rings. The number of hydrogen-bond donors (Lipinski definition) is 1. The first-order valence-electron chi connectivity index (χ1n) is 6.40. The van der Waals surface area contributed by atoms with Gasteiger partial charge in [0, 0.05) is 19.5 Å². The zero-order chi connectivity index (χ0) is 14.4. The molecule has 0 radical (unpaired) electrons. The van der Waals surface area contributed by atoms with Crippen molar-refractivity contribution in [2.75, 3.05) is 13.1 Å². The lowest BCUT2D eigenvalue weighted by atomic mass is 9.91. The molecule has 1 aliphatic heterocycles. The molecule has 1 saturated heterocycles. The molecule has 1 N–H and O–H groups in total. The summed E-state index contributed by atoms with van der Waals surface area (Å²) < 4.78 is 5.26. The molecule has 106 valence electrons. The zero-order valence-electron chi connectivity index (χ0n) is 11.4. The number of carbonyl (C=O) groups is 3. The molecule has 19 heavy (non-hydrogen) atoms. The summed E-state index contributed by atoms with van der Waals surface area (Å²) in [6.45, 7) is 5.78. The first-order valence-corrected chi connectivity index (χ1v) is 6.40. The van der Waals surface area contributed by atoms with Crippen LogP contribution in [0, 0.1) is 11.3 Å². The van der Waals surface area contributed by atoms with Crippen molar-refractivity contribution >= 4 is 17.8 Å². The third-order valence-corrected chi connectivity index (χ3v) is 3.66. The highest BCUT2D eigenvalue weighted by Crippen LogP contribution is 2.56. The molecule has 2 unspecified atom stereocenters. The van der Waals surface area contributed by atoms with E-state index in [2.05, 4.69) is 0 Å². The quantitative estimate of drug-likeness (QED) is 0.775. The Kier molecular flexibility index (Phi) is 3.07. The lowest BCUT2D eigenvalue weighted by molar-refractivity contribution is -0.142. The Hall–Kier alpha value is -1.59. The van der Waals surface area contributed by atoms with Crippen LogP contribution < -0.4 is 0 Å². The fourth-order valence-corrected chi connectivity index (χ4v) is 2.59. The number of Topliss-reactive ketones (excluding diaryl/α,β-unsaturated/α-hetero) is 1. The van der Waals surface area contributed by atoms with E-state index in [1.807, 2.05) is 0 Å². The Balaban J connectivity index is 2.05. The van der Waals surface area contributed by atoms with Crippen molar-refractivity contribution in [3.05, 3.63) is 0 Å². The second-order valence-corrected chi connectivity index (χ2v) is 6.33. The van der Waals surface area contributed by atoms with Crippen molar-refractivity contribution in [3.63, 3.8) is 0 Å². The molecule has 2 rings (SSSR count). The van der Waals surface area contributed by atoms with E-state index in [-0.39, 0.29) is 18.7 Å². The number of ketones is 1. The maximum Gasteiger partial charge on any atom is 0.410 e. The van der Waals surface area contributed by atoms with Gasteiger partial charge in [0.05, 0.1) is 11.3 Å². The first kappa shape index (κ1) is 13.8. The molecule has 2 fully saturated rings. The van der Waals surface area contributed by atoms with Gasteiger partial charge in [-0.2, -0.15) is 0 Å². The van der Waals surface area contributed by atoms with Crippen molar-refractivity contribution < 1.29 is 24.2 Å². The molecule has 1 saturated carbocycles. The van der Waals surface area contributed by atoms with Crippen molar-refractivity contribution in [3.8, 4) is 0 Å². The summed E-state index contributed by atoms with van der Waals surface area (Å²) in [4.78, 5) is 36.3. The fourth-order valence-electron chi connectivity index (χ4n) is 2.59.